The summed E-state index contributed by atoms with van der Waals surface area (Å²) < 4.78 is 15.2. The van der Waals surface area contributed by atoms with Crippen molar-refractivity contribution in [2.75, 3.05) is 0 Å². The molecular weight excluding hydrogens is 701 g/mol. The average molecular weight is 729 g/mol. The molecule has 5 heterocycles. The van der Waals surface area contributed by atoms with Gasteiger partial charge in [-0.25, -0.2) is 15.0 Å². The quantitative estimate of drug-likeness (QED) is 0.180. The molecule has 0 unspecified atom stereocenters. The van der Waals surface area contributed by atoms with Gasteiger partial charge in [-0.05, 0) is 77.2 Å². The molecule has 0 aliphatic heterocycles. The molecule has 0 amide bonds. The molecule has 264 valence electrons. The second-order valence-electron chi connectivity index (χ2n) is 14.7. The predicted molar refractivity (Wildman–Crippen MR) is 231 cm³/mol. The van der Waals surface area contributed by atoms with Crippen molar-refractivity contribution in [2.24, 2.45) is 0 Å². The van der Waals surface area contributed by atoms with Gasteiger partial charge in [-0.15, -0.1) is 0 Å². The maximum Gasteiger partial charge on any atom is 0.164 e. The third kappa shape index (κ3) is 4.32. The van der Waals surface area contributed by atoms with Gasteiger partial charge in [0.15, 0.2) is 17.5 Å². The third-order valence-electron chi connectivity index (χ3n) is 11.6. The topological polar surface area (TPSA) is 69.4 Å². The van der Waals surface area contributed by atoms with E-state index in [9.17, 15) is 0 Å². The van der Waals surface area contributed by atoms with Gasteiger partial charge in [0.1, 0.15) is 22.3 Å². The van der Waals surface area contributed by atoms with Crippen LogP contribution in [0.2, 0.25) is 0 Å². The van der Waals surface area contributed by atoms with Crippen LogP contribution in [-0.4, -0.2) is 19.4 Å². The largest absolute Gasteiger partial charge is 0.456 e. The number of hydrogen-bond donors (Lipinski definition) is 0. The fourth-order valence-electron chi connectivity index (χ4n) is 9.10. The van der Waals surface area contributed by atoms with Gasteiger partial charge in [-0.3, -0.25) is 0 Å². The Morgan fingerprint density at radius 1 is 0.333 bits per heavy atom. The number of hydrogen-bond acceptors (Lipinski definition) is 5. The van der Waals surface area contributed by atoms with E-state index >= 15 is 0 Å². The maximum atomic E-state index is 6.59. The molecule has 0 bridgehead atoms. The zero-order valence-electron chi connectivity index (χ0n) is 30.3. The molecule has 8 aromatic carbocycles. The fraction of sp³-hybridized carbons (Fsp3) is 0. The number of aromatic nitrogens is 4. The summed E-state index contributed by atoms with van der Waals surface area (Å²) in [5.74, 6) is 1.76. The Kier molecular flexibility index (Phi) is 6.07. The molecule has 0 radical (unpaired) electrons. The van der Waals surface area contributed by atoms with Crippen LogP contribution in [0.25, 0.3) is 127 Å². The molecule has 0 saturated carbocycles. The van der Waals surface area contributed by atoms with Crippen LogP contribution in [-0.2, 0) is 0 Å². The summed E-state index contributed by atoms with van der Waals surface area (Å²) in [4.78, 5) is 15.9. The second kappa shape index (κ2) is 11.4. The standard InChI is InChI=1S/C51H28N4O2/c1-2-11-29(12-3-1)30-13-8-14-31(27-30)49-52-50(32-23-25-42-38(28-32)34-16-5-7-21-41(34)56-42)54-51(53-49)37-18-9-20-40-45(37)36-17-10-22-43-46(36)47-44(57-43)26-24-35-33-15-4-6-19-39(33)55(40)48(35)47/h1-28H. The Morgan fingerprint density at radius 3 is 1.86 bits per heavy atom. The summed E-state index contributed by atoms with van der Waals surface area (Å²) in [5, 5.41) is 8.80. The van der Waals surface area contributed by atoms with Gasteiger partial charge >= 0.3 is 0 Å². The van der Waals surface area contributed by atoms with E-state index in [0.717, 1.165) is 99.0 Å². The lowest BCUT2D eigenvalue weighted by Gasteiger charge is -2.12. The van der Waals surface area contributed by atoms with Crippen LogP contribution in [0.4, 0.5) is 0 Å². The molecular formula is C51H28N4O2. The minimum Gasteiger partial charge on any atom is -0.456 e. The van der Waals surface area contributed by atoms with Crippen molar-refractivity contribution in [3.05, 3.63) is 170 Å². The van der Waals surface area contributed by atoms with Gasteiger partial charge in [-0.2, -0.15) is 0 Å². The Balaban J connectivity index is 1.15. The van der Waals surface area contributed by atoms with E-state index in [-0.39, 0.29) is 0 Å². The minimum absolute atomic E-state index is 0.583. The maximum absolute atomic E-state index is 6.59. The molecule has 0 saturated heterocycles. The van der Waals surface area contributed by atoms with Crippen molar-refractivity contribution in [2.45, 2.75) is 0 Å². The summed E-state index contributed by atoms with van der Waals surface area (Å²) in [6.07, 6.45) is 0. The van der Waals surface area contributed by atoms with Gasteiger partial charge in [0.2, 0.25) is 0 Å². The Bertz CT molecular complexity index is 3760. The van der Waals surface area contributed by atoms with Crippen LogP contribution < -0.4 is 0 Å². The fourth-order valence-corrected chi connectivity index (χ4v) is 9.10. The van der Waals surface area contributed by atoms with Gasteiger partial charge in [-0.1, -0.05) is 109 Å². The number of rotatable bonds is 4. The molecule has 6 nitrogen and oxygen atoms in total. The van der Waals surface area contributed by atoms with E-state index in [0.29, 0.717) is 17.5 Å². The van der Waals surface area contributed by atoms with Crippen molar-refractivity contribution >= 4 is 82.0 Å². The van der Waals surface area contributed by atoms with Crippen LogP contribution in [0.5, 0.6) is 0 Å². The zero-order chi connectivity index (χ0) is 37.2. The lowest BCUT2D eigenvalue weighted by atomic mass is 10.00. The van der Waals surface area contributed by atoms with Crippen LogP contribution in [0, 0.1) is 0 Å². The van der Waals surface area contributed by atoms with Crippen molar-refractivity contribution < 1.29 is 8.83 Å². The summed E-state index contributed by atoms with van der Waals surface area (Å²) in [5.41, 5.74) is 11.6. The first-order valence-electron chi connectivity index (χ1n) is 19.1. The Morgan fingerprint density at radius 2 is 0.947 bits per heavy atom. The van der Waals surface area contributed by atoms with Crippen LogP contribution in [0.15, 0.2) is 179 Å². The van der Waals surface area contributed by atoms with E-state index in [1.165, 1.54) is 10.8 Å². The third-order valence-corrected chi connectivity index (χ3v) is 11.6. The number of benzene rings is 8. The highest BCUT2D eigenvalue weighted by Crippen LogP contribution is 2.46. The van der Waals surface area contributed by atoms with Crippen molar-refractivity contribution in [3.63, 3.8) is 0 Å². The molecule has 0 fully saturated rings. The predicted octanol–water partition coefficient (Wildman–Crippen LogP) is 13.5. The van der Waals surface area contributed by atoms with E-state index in [1.807, 2.05) is 36.4 Å². The van der Waals surface area contributed by atoms with E-state index in [2.05, 4.69) is 138 Å². The SMILES string of the molecule is c1ccc(-c2cccc(-c3nc(-c4ccc5oc6ccccc6c5c4)nc(-c4cccc5c4c4cccc6oc7ccc8c9ccccc9n5c8c7c64)n3)c2)cc1. The molecule has 0 aliphatic rings. The highest BCUT2D eigenvalue weighted by atomic mass is 16.3. The molecule has 13 aromatic rings. The molecule has 0 N–H and O–H groups in total. The van der Waals surface area contributed by atoms with E-state index in [1.54, 1.807) is 0 Å². The summed E-state index contributed by atoms with van der Waals surface area (Å²) in [7, 11) is 0. The lowest BCUT2D eigenvalue weighted by Crippen LogP contribution is -2.01. The van der Waals surface area contributed by atoms with Crippen molar-refractivity contribution in [3.8, 4) is 45.3 Å². The lowest BCUT2D eigenvalue weighted by molar-refractivity contribution is 0.668. The van der Waals surface area contributed by atoms with Crippen LogP contribution in [0.1, 0.15) is 0 Å². The minimum atomic E-state index is 0.583. The number of furan rings is 2. The Hall–Kier alpha value is -7.83. The highest BCUT2D eigenvalue weighted by Gasteiger charge is 2.24. The van der Waals surface area contributed by atoms with Gasteiger partial charge in [0.05, 0.1) is 21.9 Å². The number of fused-ring (bicyclic) bond motifs is 9. The summed E-state index contributed by atoms with van der Waals surface area (Å²) in [6.45, 7) is 0. The smallest absolute Gasteiger partial charge is 0.164 e. The highest BCUT2D eigenvalue weighted by molar-refractivity contribution is 6.32. The van der Waals surface area contributed by atoms with E-state index < -0.39 is 0 Å². The van der Waals surface area contributed by atoms with Crippen molar-refractivity contribution in [1.82, 2.24) is 19.4 Å². The number of nitrogens with zero attached hydrogens (tertiary/aromatic N) is 4. The van der Waals surface area contributed by atoms with Gasteiger partial charge in [0, 0.05) is 49.0 Å². The second-order valence-corrected chi connectivity index (χ2v) is 14.7. The molecule has 6 heteroatoms. The van der Waals surface area contributed by atoms with Gasteiger partial charge in [0.25, 0.3) is 0 Å². The Labute approximate surface area is 324 Å². The molecule has 13 rings (SSSR count). The first-order valence-corrected chi connectivity index (χ1v) is 19.1. The van der Waals surface area contributed by atoms with Crippen LogP contribution in [0.3, 0.4) is 0 Å². The molecule has 5 aromatic heterocycles. The monoisotopic (exact) mass is 728 g/mol. The number of para-hydroxylation sites is 2. The van der Waals surface area contributed by atoms with E-state index in [4.69, 9.17) is 23.8 Å². The van der Waals surface area contributed by atoms with Gasteiger partial charge < -0.3 is 13.2 Å². The summed E-state index contributed by atoms with van der Waals surface area (Å²) in [6, 6.07) is 59.0. The molecule has 0 atom stereocenters. The molecule has 57 heavy (non-hydrogen) atoms. The summed E-state index contributed by atoms with van der Waals surface area (Å²) >= 11 is 0. The first kappa shape index (κ1) is 30.5. The molecule has 0 aliphatic carbocycles. The first-order chi connectivity index (χ1) is 28.2. The van der Waals surface area contributed by atoms with Crippen LogP contribution >= 0.6 is 0 Å². The average Bonchev–Trinajstić information content (AvgIpc) is 3.93. The van der Waals surface area contributed by atoms with Crippen molar-refractivity contribution in [1.29, 1.82) is 0 Å². The zero-order valence-corrected chi connectivity index (χ0v) is 30.3. The normalized spacial score (nSPS) is 12.2. The molecule has 0 spiro atoms.